The lowest BCUT2D eigenvalue weighted by Gasteiger charge is -2.37. The summed E-state index contributed by atoms with van der Waals surface area (Å²) in [5.74, 6) is -0.574. The van der Waals surface area contributed by atoms with E-state index >= 15 is 0 Å². The van der Waals surface area contributed by atoms with Crippen LogP contribution in [-0.4, -0.2) is 47.0 Å². The summed E-state index contributed by atoms with van der Waals surface area (Å²) in [7, 11) is 0. The van der Waals surface area contributed by atoms with Gasteiger partial charge in [0, 0.05) is 18.8 Å². The molecule has 0 saturated carbocycles. The molecule has 1 fully saturated rings. The van der Waals surface area contributed by atoms with Gasteiger partial charge in [0.15, 0.2) is 0 Å². The lowest BCUT2D eigenvalue weighted by Crippen LogP contribution is -2.43. The third-order valence-electron chi connectivity index (χ3n) is 6.23. The predicted molar refractivity (Wildman–Crippen MR) is 132 cm³/mol. The first-order chi connectivity index (χ1) is 17.3. The second-order valence-electron chi connectivity index (χ2n) is 8.69. The molecule has 3 heterocycles. The van der Waals surface area contributed by atoms with Crippen molar-refractivity contribution in [2.45, 2.75) is 32.2 Å². The van der Waals surface area contributed by atoms with Crippen molar-refractivity contribution in [3.8, 4) is 5.88 Å². The minimum Gasteiger partial charge on any atom is -0.477 e. The second kappa shape index (κ2) is 12.0. The largest absolute Gasteiger partial charge is 0.477 e. The van der Waals surface area contributed by atoms with Crippen LogP contribution in [0.25, 0.3) is 0 Å². The molecule has 0 aliphatic carbocycles. The van der Waals surface area contributed by atoms with Crippen molar-refractivity contribution in [2.24, 2.45) is 5.92 Å². The fraction of sp³-hybridized carbons (Fsp3) is 0.400. The highest BCUT2D eigenvalue weighted by Gasteiger charge is 2.32. The number of hydrogen-bond acceptors (Lipinski definition) is 6. The van der Waals surface area contributed by atoms with E-state index in [-0.39, 0.29) is 28.7 Å². The maximum atomic E-state index is 14.2. The molecule has 0 radical (unpaired) electrons. The second-order valence-corrected chi connectivity index (χ2v) is 9.98. The number of piperidine rings is 1. The van der Waals surface area contributed by atoms with E-state index in [9.17, 15) is 18.0 Å². The number of aryl methyl sites for hydroxylation is 1. The van der Waals surface area contributed by atoms with Gasteiger partial charge in [-0.25, -0.2) is 23.1 Å². The molecule has 1 saturated heterocycles. The van der Waals surface area contributed by atoms with Crippen molar-refractivity contribution in [1.82, 2.24) is 20.2 Å². The number of halogens is 4. The summed E-state index contributed by atoms with van der Waals surface area (Å²) in [6.45, 7) is 3.74. The van der Waals surface area contributed by atoms with Crippen molar-refractivity contribution in [2.75, 3.05) is 26.2 Å². The van der Waals surface area contributed by atoms with Crippen molar-refractivity contribution in [3.63, 3.8) is 0 Å². The number of hydrogen-bond donors (Lipinski definition) is 1. The van der Waals surface area contributed by atoms with E-state index in [0.717, 1.165) is 35.8 Å². The van der Waals surface area contributed by atoms with E-state index in [4.69, 9.17) is 16.3 Å². The summed E-state index contributed by atoms with van der Waals surface area (Å²) in [4.78, 5) is 23.2. The molecule has 1 aromatic carbocycles. The van der Waals surface area contributed by atoms with Gasteiger partial charge in [-0.1, -0.05) is 17.7 Å². The zero-order valence-corrected chi connectivity index (χ0v) is 21.2. The Hall–Kier alpha value is -2.69. The molecule has 2 aromatic heterocycles. The number of aromatic nitrogens is 2. The number of carbonyl (C=O) groups is 1. The molecule has 1 aliphatic heterocycles. The van der Waals surface area contributed by atoms with E-state index in [2.05, 4.69) is 20.2 Å². The number of nitrogens with zero attached hydrogens (tertiary/aromatic N) is 3. The van der Waals surface area contributed by atoms with Crippen LogP contribution in [0.15, 0.2) is 42.0 Å². The van der Waals surface area contributed by atoms with Crippen LogP contribution >= 0.6 is 22.9 Å². The summed E-state index contributed by atoms with van der Waals surface area (Å²) in [6, 6.07) is 7.23. The van der Waals surface area contributed by atoms with Crippen LogP contribution in [0.1, 0.15) is 51.8 Å². The maximum Gasteiger partial charge on any atom is 0.281 e. The quantitative estimate of drug-likeness (QED) is 0.371. The summed E-state index contributed by atoms with van der Waals surface area (Å²) >= 11 is 7.14. The fourth-order valence-corrected chi connectivity index (χ4v) is 5.46. The van der Waals surface area contributed by atoms with E-state index in [1.165, 1.54) is 17.6 Å². The molecule has 1 amide bonds. The topological polar surface area (TPSA) is 67.3 Å². The lowest BCUT2D eigenvalue weighted by molar-refractivity contribution is 0.0867. The van der Waals surface area contributed by atoms with Crippen LogP contribution in [-0.2, 0) is 0 Å². The number of nitrogens with one attached hydrogen (secondary N) is 1. The Kier molecular flexibility index (Phi) is 8.81. The van der Waals surface area contributed by atoms with Gasteiger partial charge < -0.3 is 10.1 Å². The van der Waals surface area contributed by atoms with Crippen LogP contribution in [0.3, 0.4) is 0 Å². The summed E-state index contributed by atoms with van der Waals surface area (Å²) < 4.78 is 47.4. The number of alkyl halides is 2. The number of amides is 1. The van der Waals surface area contributed by atoms with Crippen molar-refractivity contribution in [1.29, 1.82) is 0 Å². The van der Waals surface area contributed by atoms with Crippen LogP contribution in [0.5, 0.6) is 5.88 Å². The van der Waals surface area contributed by atoms with E-state index < -0.39 is 24.2 Å². The average molecular weight is 539 g/mol. The molecule has 0 bridgehead atoms. The van der Waals surface area contributed by atoms with Crippen molar-refractivity contribution >= 4 is 28.8 Å². The van der Waals surface area contributed by atoms with Crippen LogP contribution in [0.4, 0.5) is 13.2 Å². The van der Waals surface area contributed by atoms with E-state index in [1.807, 2.05) is 19.1 Å². The Morgan fingerprint density at radius 2 is 2.06 bits per heavy atom. The monoisotopic (exact) mass is 538 g/mol. The highest BCUT2D eigenvalue weighted by molar-refractivity contribution is 7.09. The summed E-state index contributed by atoms with van der Waals surface area (Å²) in [6.07, 6.45) is 0.547. The molecule has 1 N–H and O–H groups in total. The maximum absolute atomic E-state index is 14.2. The lowest BCUT2D eigenvalue weighted by atomic mass is 9.96. The van der Waals surface area contributed by atoms with Gasteiger partial charge in [0.1, 0.15) is 11.5 Å². The Morgan fingerprint density at radius 1 is 1.28 bits per heavy atom. The molecule has 192 valence electrons. The van der Waals surface area contributed by atoms with Gasteiger partial charge in [0.25, 0.3) is 12.3 Å². The van der Waals surface area contributed by atoms with Gasteiger partial charge in [0.2, 0.25) is 5.88 Å². The SMILES string of the molecule is Cc1ccnc(OCC2CCN(C(CNC(=O)c3c(F)cccc3Cl)c3scnc3C(F)F)CC2)c1. The van der Waals surface area contributed by atoms with E-state index in [1.54, 1.807) is 6.20 Å². The minimum atomic E-state index is -2.74. The first-order valence-corrected chi connectivity index (χ1v) is 12.8. The van der Waals surface area contributed by atoms with Gasteiger partial charge in [-0.15, -0.1) is 11.3 Å². The number of thiazole rings is 1. The zero-order chi connectivity index (χ0) is 25.7. The molecule has 11 heteroatoms. The Bertz CT molecular complexity index is 1170. The minimum absolute atomic E-state index is 0.0137. The molecule has 1 aliphatic rings. The average Bonchev–Trinajstić information content (AvgIpc) is 3.34. The molecular weight excluding hydrogens is 513 g/mol. The molecule has 1 atom stereocenters. The normalized spacial score (nSPS) is 15.7. The van der Waals surface area contributed by atoms with Crippen LogP contribution < -0.4 is 10.1 Å². The molecule has 6 nitrogen and oxygen atoms in total. The van der Waals surface area contributed by atoms with Crippen LogP contribution in [0.2, 0.25) is 5.02 Å². The molecule has 36 heavy (non-hydrogen) atoms. The first-order valence-electron chi connectivity index (χ1n) is 11.6. The highest BCUT2D eigenvalue weighted by atomic mass is 35.5. The zero-order valence-electron chi connectivity index (χ0n) is 19.6. The first kappa shape index (κ1) is 26.4. The fourth-order valence-electron chi connectivity index (χ4n) is 4.28. The number of pyridine rings is 1. The van der Waals surface area contributed by atoms with Gasteiger partial charge >= 0.3 is 0 Å². The Balaban J connectivity index is 1.43. The van der Waals surface area contributed by atoms with Gasteiger partial charge in [0.05, 0.1) is 33.6 Å². The third kappa shape index (κ3) is 6.35. The third-order valence-corrected chi connectivity index (χ3v) is 7.49. The van der Waals surface area contributed by atoms with E-state index in [0.29, 0.717) is 30.5 Å². The predicted octanol–water partition coefficient (Wildman–Crippen LogP) is 5.84. The number of carbonyl (C=O) groups excluding carboxylic acids is 1. The van der Waals surface area contributed by atoms with Crippen LogP contribution in [0, 0.1) is 18.7 Å². The standard InChI is InChI=1S/C25H26ClF3N4O2S/c1-15-5-8-30-20(11-15)35-13-16-6-9-33(10-7-16)19(23-22(24(28)29)32-14-36-23)12-31-25(34)21-17(26)3-2-4-18(21)27/h2-5,8,11,14,16,19,24H,6-7,9-10,12-13H2,1H3,(H,31,34). The van der Waals surface area contributed by atoms with Crippen molar-refractivity contribution < 1.29 is 22.7 Å². The van der Waals surface area contributed by atoms with Gasteiger partial charge in [-0.05, 0) is 62.5 Å². The Labute approximate surface area is 216 Å². The molecule has 3 aromatic rings. The molecule has 4 rings (SSSR count). The number of benzene rings is 1. The molecular formula is C25H26ClF3N4O2S. The number of likely N-dealkylation sites (tertiary alicyclic amines) is 1. The summed E-state index contributed by atoms with van der Waals surface area (Å²) in [5, 5.41) is 2.68. The molecule has 1 unspecified atom stereocenters. The number of ether oxygens (including phenoxy) is 1. The highest BCUT2D eigenvalue weighted by Crippen LogP contribution is 2.35. The molecule has 0 spiro atoms. The number of rotatable bonds is 9. The summed E-state index contributed by atoms with van der Waals surface area (Å²) in [5.41, 5.74) is 1.89. The van der Waals surface area contributed by atoms with Gasteiger partial charge in [-0.2, -0.15) is 0 Å². The van der Waals surface area contributed by atoms with Gasteiger partial charge in [-0.3, -0.25) is 9.69 Å². The van der Waals surface area contributed by atoms with Crippen molar-refractivity contribution in [3.05, 3.63) is 74.6 Å². The Morgan fingerprint density at radius 3 is 2.75 bits per heavy atom. The smallest absolute Gasteiger partial charge is 0.281 e.